The fourth-order valence-electron chi connectivity index (χ4n) is 2.41. The number of aromatic nitrogens is 2. The molecular weight excluding hydrogens is 292 g/mol. The summed E-state index contributed by atoms with van der Waals surface area (Å²) >= 11 is 6.01. The third kappa shape index (κ3) is 3.05. The Morgan fingerprint density at radius 3 is 2.90 bits per heavy atom. The lowest BCUT2D eigenvalue weighted by atomic mass is 9.85. The second kappa shape index (κ2) is 5.57. The molecule has 3 rings (SSSR count). The maximum atomic E-state index is 11.9. The molecule has 1 heterocycles. The van der Waals surface area contributed by atoms with Crippen LogP contribution in [0.3, 0.4) is 0 Å². The Balaban J connectivity index is 1.80. The zero-order valence-corrected chi connectivity index (χ0v) is 11.8. The van der Waals surface area contributed by atoms with Gasteiger partial charge in [0.25, 0.3) is 0 Å². The molecule has 0 fully saturated rings. The molecule has 6 nitrogen and oxygen atoms in total. The van der Waals surface area contributed by atoms with E-state index in [0.717, 1.165) is 11.3 Å². The molecule has 0 saturated carbocycles. The minimum absolute atomic E-state index is 0.0451. The van der Waals surface area contributed by atoms with Crippen LogP contribution < -0.4 is 11.1 Å². The average molecular weight is 305 g/mol. The zero-order valence-electron chi connectivity index (χ0n) is 11.0. The first-order chi connectivity index (χ1) is 10.1. The molecule has 0 aliphatic heterocycles. The van der Waals surface area contributed by atoms with Crippen LogP contribution in [-0.2, 0) is 4.79 Å². The van der Waals surface area contributed by atoms with Crippen molar-refractivity contribution in [1.29, 1.82) is 0 Å². The van der Waals surface area contributed by atoms with Crippen LogP contribution in [0.5, 0.6) is 0 Å². The number of rotatable bonds is 3. The quantitative estimate of drug-likeness (QED) is 0.905. The highest BCUT2D eigenvalue weighted by Crippen LogP contribution is 2.33. The first-order valence-electron chi connectivity index (χ1n) is 6.46. The Hall–Kier alpha value is -2.34. The monoisotopic (exact) mass is 304 g/mol. The van der Waals surface area contributed by atoms with Gasteiger partial charge >= 0.3 is 0 Å². The van der Waals surface area contributed by atoms with Crippen molar-refractivity contribution in [3.63, 3.8) is 0 Å². The lowest BCUT2D eigenvalue weighted by molar-refractivity contribution is -0.115. The molecule has 0 spiro atoms. The van der Waals surface area contributed by atoms with Gasteiger partial charge in [-0.25, -0.2) is 4.63 Å². The van der Waals surface area contributed by atoms with Gasteiger partial charge in [-0.15, -0.1) is 0 Å². The van der Waals surface area contributed by atoms with Crippen LogP contribution in [0.25, 0.3) is 0 Å². The van der Waals surface area contributed by atoms with E-state index in [4.69, 9.17) is 17.3 Å². The van der Waals surface area contributed by atoms with E-state index in [2.05, 4.69) is 20.3 Å². The Kier molecular flexibility index (Phi) is 3.62. The summed E-state index contributed by atoms with van der Waals surface area (Å²) in [5, 5.41) is 10.8. The lowest BCUT2D eigenvalue weighted by Gasteiger charge is -2.22. The smallest absolute Gasteiger partial charge is 0.219 e. The second-order valence-electron chi connectivity index (χ2n) is 4.92. The van der Waals surface area contributed by atoms with Gasteiger partial charge in [-0.05, 0) is 40.3 Å². The molecule has 1 unspecified atom stereocenters. The van der Waals surface area contributed by atoms with Crippen LogP contribution in [0.15, 0.2) is 40.7 Å². The maximum Gasteiger partial charge on any atom is 0.219 e. The van der Waals surface area contributed by atoms with E-state index in [1.165, 1.54) is 0 Å². The molecule has 3 N–H and O–H groups in total. The van der Waals surface area contributed by atoms with E-state index >= 15 is 0 Å². The number of hydrogen-bond donors (Lipinski definition) is 2. The minimum atomic E-state index is 0.0451. The van der Waals surface area contributed by atoms with Crippen molar-refractivity contribution in [3.8, 4) is 0 Å². The largest absolute Gasteiger partial charge is 0.378 e. The number of allylic oxidation sites excluding steroid dienone is 2. The van der Waals surface area contributed by atoms with Crippen molar-refractivity contribution >= 4 is 29.0 Å². The molecule has 1 aliphatic rings. The number of ketones is 1. The molecular formula is C14H13ClN4O2. The predicted octanol–water partition coefficient (Wildman–Crippen LogP) is 2.75. The summed E-state index contributed by atoms with van der Waals surface area (Å²) in [6.45, 7) is 0. The maximum absolute atomic E-state index is 11.9. The van der Waals surface area contributed by atoms with E-state index in [1.54, 1.807) is 6.08 Å². The zero-order chi connectivity index (χ0) is 14.8. The van der Waals surface area contributed by atoms with Gasteiger partial charge in [0.15, 0.2) is 5.78 Å². The number of halogens is 1. The summed E-state index contributed by atoms with van der Waals surface area (Å²) in [5.74, 6) is 0.600. The van der Waals surface area contributed by atoms with Gasteiger partial charge in [0.05, 0.1) is 0 Å². The highest BCUT2D eigenvalue weighted by molar-refractivity contribution is 6.30. The van der Waals surface area contributed by atoms with Gasteiger partial charge in [-0.2, -0.15) is 0 Å². The molecule has 0 radical (unpaired) electrons. The van der Waals surface area contributed by atoms with E-state index in [9.17, 15) is 4.79 Å². The van der Waals surface area contributed by atoms with E-state index < -0.39 is 0 Å². The average Bonchev–Trinajstić information content (AvgIpc) is 2.84. The lowest BCUT2D eigenvalue weighted by Crippen LogP contribution is -2.17. The molecule has 1 aromatic heterocycles. The molecule has 0 bridgehead atoms. The molecule has 1 atom stereocenters. The van der Waals surface area contributed by atoms with Crippen molar-refractivity contribution in [3.05, 3.63) is 46.6 Å². The molecule has 2 aromatic rings. The number of hydrogen-bond acceptors (Lipinski definition) is 6. The van der Waals surface area contributed by atoms with Gasteiger partial charge in [-0.1, -0.05) is 23.7 Å². The van der Waals surface area contributed by atoms with Crippen molar-refractivity contribution in [2.45, 2.75) is 18.8 Å². The Bertz CT molecular complexity index is 711. The minimum Gasteiger partial charge on any atom is -0.378 e. The van der Waals surface area contributed by atoms with Crippen LogP contribution in [0.2, 0.25) is 5.02 Å². The van der Waals surface area contributed by atoms with Crippen LogP contribution in [0.1, 0.15) is 24.3 Å². The normalized spacial score (nSPS) is 18.4. The van der Waals surface area contributed by atoms with E-state index in [0.29, 0.717) is 23.7 Å². The Morgan fingerprint density at radius 2 is 2.19 bits per heavy atom. The van der Waals surface area contributed by atoms with Gasteiger partial charge in [-0.3, -0.25) is 4.79 Å². The van der Waals surface area contributed by atoms with Crippen LogP contribution in [-0.4, -0.2) is 16.1 Å². The molecule has 0 amide bonds. The standard InChI is InChI=1S/C14H13ClN4O2/c15-10-3-1-2-8(4-10)9-5-11(7-12(20)6-9)17-14-13(16)18-21-19-14/h1-4,7,9H,5-6H2,(H2,16,18)(H,17,19). The molecule has 1 aromatic carbocycles. The van der Waals surface area contributed by atoms with Crippen molar-refractivity contribution in [1.82, 2.24) is 10.3 Å². The molecule has 0 saturated heterocycles. The first-order valence-corrected chi connectivity index (χ1v) is 6.83. The summed E-state index contributed by atoms with van der Waals surface area (Å²) in [6.07, 6.45) is 2.69. The number of anilines is 2. The number of carbonyl (C=O) groups is 1. The molecule has 108 valence electrons. The van der Waals surface area contributed by atoms with Crippen molar-refractivity contribution < 1.29 is 9.42 Å². The topological polar surface area (TPSA) is 94.0 Å². The Labute approximate surface area is 125 Å². The second-order valence-corrected chi connectivity index (χ2v) is 5.36. The Morgan fingerprint density at radius 1 is 1.33 bits per heavy atom. The van der Waals surface area contributed by atoms with Gasteiger partial charge in [0.2, 0.25) is 11.6 Å². The third-order valence-electron chi connectivity index (χ3n) is 3.36. The molecule has 7 heteroatoms. The summed E-state index contributed by atoms with van der Waals surface area (Å²) in [5.41, 5.74) is 7.37. The number of nitrogens with one attached hydrogen (secondary N) is 1. The molecule has 1 aliphatic carbocycles. The summed E-state index contributed by atoms with van der Waals surface area (Å²) in [7, 11) is 0. The van der Waals surface area contributed by atoms with Crippen LogP contribution in [0, 0.1) is 0 Å². The predicted molar refractivity (Wildman–Crippen MR) is 78.9 cm³/mol. The summed E-state index contributed by atoms with van der Waals surface area (Å²) in [4.78, 5) is 11.9. The first kappa shape index (κ1) is 13.6. The van der Waals surface area contributed by atoms with Crippen LogP contribution >= 0.6 is 11.6 Å². The number of nitrogens with two attached hydrogens (primary N) is 1. The van der Waals surface area contributed by atoms with Crippen molar-refractivity contribution in [2.24, 2.45) is 0 Å². The van der Waals surface area contributed by atoms with E-state index in [1.807, 2.05) is 24.3 Å². The molecule has 21 heavy (non-hydrogen) atoms. The SMILES string of the molecule is Nc1nonc1NC1=CC(=O)CC(c2cccc(Cl)c2)C1. The third-order valence-corrected chi connectivity index (χ3v) is 3.60. The van der Waals surface area contributed by atoms with Crippen LogP contribution in [0.4, 0.5) is 11.6 Å². The number of carbonyl (C=O) groups excluding carboxylic acids is 1. The summed E-state index contributed by atoms with van der Waals surface area (Å²) in [6, 6.07) is 7.55. The fourth-order valence-corrected chi connectivity index (χ4v) is 2.61. The van der Waals surface area contributed by atoms with E-state index in [-0.39, 0.29) is 17.5 Å². The van der Waals surface area contributed by atoms with Gasteiger partial charge in [0.1, 0.15) is 0 Å². The highest BCUT2D eigenvalue weighted by atomic mass is 35.5. The van der Waals surface area contributed by atoms with Gasteiger partial charge < -0.3 is 11.1 Å². The number of benzene rings is 1. The van der Waals surface area contributed by atoms with Crippen molar-refractivity contribution in [2.75, 3.05) is 11.1 Å². The fraction of sp³-hybridized carbons (Fsp3) is 0.214. The summed E-state index contributed by atoms with van der Waals surface area (Å²) < 4.78 is 4.52. The van der Waals surface area contributed by atoms with Gasteiger partial charge in [0, 0.05) is 23.2 Å². The number of nitrogens with zero attached hydrogens (tertiary/aromatic N) is 2. The number of nitrogen functional groups attached to an aromatic ring is 1. The highest BCUT2D eigenvalue weighted by Gasteiger charge is 2.23.